The number of nitro groups is 1. The largest absolute Gasteiger partial charge is 0.289 e. The molecule has 118 valence electrons. The third-order valence-corrected chi connectivity index (χ3v) is 4.89. The summed E-state index contributed by atoms with van der Waals surface area (Å²) in [5.41, 5.74) is -0.423. The molecule has 0 amide bonds. The van der Waals surface area contributed by atoms with Crippen LogP contribution in [0.1, 0.15) is 33.1 Å². The minimum Gasteiger partial charge on any atom is -0.258 e. The summed E-state index contributed by atoms with van der Waals surface area (Å²) in [6.45, 7) is 4.49. The molecular weight excluding hydrogens is 360 g/mol. The van der Waals surface area contributed by atoms with Gasteiger partial charge in [0.25, 0.3) is 5.69 Å². The molecule has 0 radical (unpaired) electrons. The fourth-order valence-corrected chi connectivity index (χ4v) is 3.60. The Morgan fingerprint density at radius 2 is 2.00 bits per heavy atom. The number of benzene rings is 1. The van der Waals surface area contributed by atoms with Crippen LogP contribution in [-0.4, -0.2) is 19.9 Å². The molecule has 1 N–H and O–H groups in total. The van der Waals surface area contributed by atoms with E-state index in [1.54, 1.807) is 0 Å². The molecule has 1 rings (SSSR count). The average Bonchev–Trinajstić information content (AvgIpc) is 2.37. The lowest BCUT2D eigenvalue weighted by atomic mass is 10.1. The third-order valence-electron chi connectivity index (χ3n) is 2.91. The molecule has 0 bridgehead atoms. The van der Waals surface area contributed by atoms with Crippen molar-refractivity contribution in [2.24, 2.45) is 5.92 Å². The van der Waals surface area contributed by atoms with Crippen molar-refractivity contribution < 1.29 is 13.3 Å². The fourth-order valence-electron chi connectivity index (χ4n) is 1.82. The zero-order valence-corrected chi connectivity index (χ0v) is 14.4. The van der Waals surface area contributed by atoms with Gasteiger partial charge in [0.2, 0.25) is 10.0 Å². The van der Waals surface area contributed by atoms with Crippen LogP contribution in [0.4, 0.5) is 5.69 Å². The molecule has 0 aromatic heterocycles. The highest BCUT2D eigenvalue weighted by atomic mass is 79.9. The molecule has 1 aromatic carbocycles. The predicted octanol–water partition coefficient (Wildman–Crippen LogP) is 3.46. The van der Waals surface area contributed by atoms with Crippen molar-refractivity contribution in [2.45, 2.75) is 38.0 Å². The molecule has 0 aliphatic rings. The molecule has 6 nitrogen and oxygen atoms in total. The van der Waals surface area contributed by atoms with Crippen molar-refractivity contribution >= 4 is 31.6 Å². The van der Waals surface area contributed by atoms with Gasteiger partial charge < -0.3 is 0 Å². The molecule has 0 spiro atoms. The van der Waals surface area contributed by atoms with E-state index in [9.17, 15) is 18.5 Å². The monoisotopic (exact) mass is 378 g/mol. The van der Waals surface area contributed by atoms with Crippen LogP contribution in [0.15, 0.2) is 27.6 Å². The molecule has 0 saturated carbocycles. The second-order valence-electron chi connectivity index (χ2n) is 5.16. The second-order valence-corrected chi connectivity index (χ2v) is 7.81. The zero-order valence-electron chi connectivity index (χ0n) is 12.0. The van der Waals surface area contributed by atoms with Crippen molar-refractivity contribution in [3.8, 4) is 0 Å². The number of halogens is 1. The van der Waals surface area contributed by atoms with Crippen LogP contribution in [0.2, 0.25) is 0 Å². The Kier molecular flexibility index (Phi) is 6.76. The summed E-state index contributed by atoms with van der Waals surface area (Å²) in [7, 11) is -3.88. The van der Waals surface area contributed by atoms with Gasteiger partial charge in [0.1, 0.15) is 0 Å². The lowest BCUT2D eigenvalue weighted by molar-refractivity contribution is -0.387. The van der Waals surface area contributed by atoms with Crippen LogP contribution >= 0.6 is 15.9 Å². The van der Waals surface area contributed by atoms with Crippen LogP contribution in [0.5, 0.6) is 0 Å². The van der Waals surface area contributed by atoms with Gasteiger partial charge >= 0.3 is 0 Å². The average molecular weight is 379 g/mol. The highest BCUT2D eigenvalue weighted by molar-refractivity contribution is 9.10. The Balaban J connectivity index is 2.79. The smallest absolute Gasteiger partial charge is 0.258 e. The Labute approximate surface area is 133 Å². The number of nitro benzene ring substituents is 1. The zero-order chi connectivity index (χ0) is 16.0. The lowest BCUT2D eigenvalue weighted by Gasteiger charge is -2.08. The summed E-state index contributed by atoms with van der Waals surface area (Å²) in [6, 6.07) is 3.87. The van der Waals surface area contributed by atoms with E-state index in [4.69, 9.17) is 0 Å². The van der Waals surface area contributed by atoms with E-state index in [0.717, 1.165) is 12.8 Å². The maximum Gasteiger partial charge on any atom is 0.289 e. The van der Waals surface area contributed by atoms with Crippen molar-refractivity contribution in [3.63, 3.8) is 0 Å². The molecule has 1 aromatic rings. The SMILES string of the molecule is CC(C)CCCCNS(=O)(=O)c1cc(Br)ccc1[N+](=O)[O-]. The summed E-state index contributed by atoms with van der Waals surface area (Å²) in [6.07, 6.45) is 2.65. The van der Waals surface area contributed by atoms with Gasteiger partial charge in [-0.2, -0.15) is 0 Å². The van der Waals surface area contributed by atoms with Crippen molar-refractivity contribution in [2.75, 3.05) is 6.54 Å². The van der Waals surface area contributed by atoms with Gasteiger partial charge in [0.15, 0.2) is 4.90 Å². The minimum atomic E-state index is -3.88. The molecule has 0 aliphatic carbocycles. The summed E-state index contributed by atoms with van der Waals surface area (Å²) >= 11 is 3.13. The van der Waals surface area contributed by atoms with Gasteiger partial charge in [0, 0.05) is 17.1 Å². The molecule has 0 aliphatic heterocycles. The number of nitrogens with one attached hydrogen (secondary N) is 1. The first kappa shape index (κ1) is 18.1. The van der Waals surface area contributed by atoms with Crippen LogP contribution < -0.4 is 4.72 Å². The first-order valence-corrected chi connectivity index (χ1v) is 8.95. The van der Waals surface area contributed by atoms with Gasteiger partial charge in [-0.15, -0.1) is 0 Å². The Morgan fingerprint density at radius 3 is 2.57 bits per heavy atom. The van der Waals surface area contributed by atoms with E-state index in [0.29, 0.717) is 16.8 Å². The molecule has 0 unspecified atom stereocenters. The van der Waals surface area contributed by atoms with Gasteiger partial charge in [0.05, 0.1) is 4.92 Å². The molecular formula is C13H19BrN2O4S. The molecule has 21 heavy (non-hydrogen) atoms. The van der Waals surface area contributed by atoms with E-state index < -0.39 is 20.6 Å². The quantitative estimate of drug-likeness (QED) is 0.426. The number of sulfonamides is 1. The first-order chi connectivity index (χ1) is 9.74. The standard InChI is InChI=1S/C13H19BrN2O4S/c1-10(2)5-3-4-8-15-21(19,20)13-9-11(14)6-7-12(13)16(17)18/h6-7,9-10,15H,3-5,8H2,1-2H3. The van der Waals surface area contributed by atoms with Crippen molar-refractivity contribution in [1.29, 1.82) is 0 Å². The molecule has 0 heterocycles. The maximum absolute atomic E-state index is 12.2. The summed E-state index contributed by atoms with van der Waals surface area (Å²) in [4.78, 5) is 9.92. The molecule has 0 saturated heterocycles. The van der Waals surface area contributed by atoms with Crippen LogP contribution in [0, 0.1) is 16.0 Å². The normalized spacial score (nSPS) is 11.8. The van der Waals surface area contributed by atoms with E-state index >= 15 is 0 Å². The Morgan fingerprint density at radius 1 is 1.33 bits per heavy atom. The van der Waals surface area contributed by atoms with E-state index in [1.165, 1.54) is 18.2 Å². The van der Waals surface area contributed by atoms with Crippen LogP contribution in [0.25, 0.3) is 0 Å². The molecule has 0 atom stereocenters. The highest BCUT2D eigenvalue weighted by Crippen LogP contribution is 2.27. The number of unbranched alkanes of at least 4 members (excludes halogenated alkanes) is 1. The highest BCUT2D eigenvalue weighted by Gasteiger charge is 2.25. The number of nitrogens with zero attached hydrogens (tertiary/aromatic N) is 1. The second kappa shape index (κ2) is 7.86. The fraction of sp³-hybridized carbons (Fsp3) is 0.538. The van der Waals surface area contributed by atoms with Crippen molar-refractivity contribution in [3.05, 3.63) is 32.8 Å². The van der Waals surface area contributed by atoms with E-state index in [2.05, 4.69) is 34.5 Å². The molecule has 0 fully saturated rings. The Bertz CT molecular complexity index is 602. The van der Waals surface area contributed by atoms with E-state index in [1.807, 2.05) is 0 Å². The van der Waals surface area contributed by atoms with Crippen LogP contribution in [-0.2, 0) is 10.0 Å². The Hall–Kier alpha value is -0.990. The topological polar surface area (TPSA) is 89.3 Å². The number of hydrogen-bond donors (Lipinski definition) is 1. The van der Waals surface area contributed by atoms with Gasteiger partial charge in [-0.1, -0.05) is 42.6 Å². The van der Waals surface area contributed by atoms with E-state index in [-0.39, 0.29) is 11.4 Å². The molecule has 8 heteroatoms. The third kappa shape index (κ3) is 5.72. The maximum atomic E-state index is 12.2. The summed E-state index contributed by atoms with van der Waals surface area (Å²) in [5, 5.41) is 10.9. The lowest BCUT2D eigenvalue weighted by Crippen LogP contribution is -2.25. The summed E-state index contributed by atoms with van der Waals surface area (Å²) < 4.78 is 27.2. The predicted molar refractivity (Wildman–Crippen MR) is 84.7 cm³/mol. The van der Waals surface area contributed by atoms with Gasteiger partial charge in [-0.25, -0.2) is 13.1 Å². The summed E-state index contributed by atoms with van der Waals surface area (Å²) in [5.74, 6) is 0.577. The number of hydrogen-bond acceptors (Lipinski definition) is 4. The van der Waals surface area contributed by atoms with Crippen LogP contribution in [0.3, 0.4) is 0 Å². The first-order valence-electron chi connectivity index (χ1n) is 6.67. The minimum absolute atomic E-state index is 0.277. The van der Waals surface area contributed by atoms with Gasteiger partial charge in [-0.05, 0) is 24.5 Å². The van der Waals surface area contributed by atoms with Gasteiger partial charge in [-0.3, -0.25) is 10.1 Å². The number of rotatable bonds is 8. The van der Waals surface area contributed by atoms with Crippen molar-refractivity contribution in [1.82, 2.24) is 4.72 Å².